The Labute approximate surface area is 154 Å². The number of hydrogen-bond acceptors (Lipinski definition) is 5. The number of likely N-dealkylation sites (tertiary alicyclic amines) is 2. The van der Waals surface area contributed by atoms with E-state index in [-0.39, 0.29) is 17.2 Å². The second-order valence-corrected chi connectivity index (χ2v) is 8.24. The summed E-state index contributed by atoms with van der Waals surface area (Å²) in [7, 11) is 0. The van der Waals surface area contributed by atoms with Gasteiger partial charge in [-0.25, -0.2) is 4.68 Å². The summed E-state index contributed by atoms with van der Waals surface area (Å²) in [6.07, 6.45) is 6.63. The van der Waals surface area contributed by atoms with E-state index in [1.165, 1.54) is 6.33 Å². The molecule has 3 heterocycles. The van der Waals surface area contributed by atoms with Gasteiger partial charge in [0.05, 0.1) is 6.54 Å². The highest BCUT2D eigenvalue weighted by molar-refractivity contribution is 5.78. The Morgan fingerprint density at radius 1 is 1.27 bits per heavy atom. The predicted molar refractivity (Wildman–Crippen MR) is 96.0 cm³/mol. The number of piperidine rings is 2. The molecule has 1 aromatic heterocycles. The van der Waals surface area contributed by atoms with E-state index in [1.807, 2.05) is 9.80 Å². The number of aryl methyl sites for hydroxylation is 1. The van der Waals surface area contributed by atoms with Crippen molar-refractivity contribution in [1.82, 2.24) is 30.0 Å². The van der Waals surface area contributed by atoms with Crippen molar-refractivity contribution in [3.8, 4) is 0 Å². The van der Waals surface area contributed by atoms with Crippen LogP contribution < -0.4 is 0 Å². The fourth-order valence-corrected chi connectivity index (χ4v) is 4.13. The molecule has 2 aliphatic rings. The van der Waals surface area contributed by atoms with Crippen LogP contribution in [0.3, 0.4) is 0 Å². The van der Waals surface area contributed by atoms with Crippen LogP contribution in [0, 0.1) is 11.3 Å². The molecule has 0 bridgehead atoms. The molecular weight excluding hydrogens is 332 g/mol. The van der Waals surface area contributed by atoms with Gasteiger partial charge in [0.15, 0.2) is 0 Å². The standard InChI is InChI=1S/C18H30N6O2/c1-15(2)5-10-23-13-18(8-4-16(23)25)7-3-9-22(12-18)17(26)6-11-24-14-19-20-21-24/h14-15H,3-13H2,1-2H3/t18-/m1/s1. The summed E-state index contributed by atoms with van der Waals surface area (Å²) in [6.45, 7) is 8.11. The number of nitrogens with zero attached hydrogens (tertiary/aromatic N) is 6. The molecule has 2 saturated heterocycles. The van der Waals surface area contributed by atoms with E-state index in [2.05, 4.69) is 29.4 Å². The van der Waals surface area contributed by atoms with Gasteiger partial charge < -0.3 is 9.80 Å². The Morgan fingerprint density at radius 2 is 2.12 bits per heavy atom. The van der Waals surface area contributed by atoms with E-state index in [4.69, 9.17) is 0 Å². The quantitative estimate of drug-likeness (QED) is 0.762. The summed E-state index contributed by atoms with van der Waals surface area (Å²) in [5.41, 5.74) is 0.0770. The minimum atomic E-state index is 0.0770. The Hall–Kier alpha value is -1.99. The lowest BCUT2D eigenvalue weighted by atomic mass is 9.73. The summed E-state index contributed by atoms with van der Waals surface area (Å²) >= 11 is 0. The maximum absolute atomic E-state index is 12.6. The minimum Gasteiger partial charge on any atom is -0.342 e. The zero-order chi connectivity index (χ0) is 18.6. The first-order chi connectivity index (χ1) is 12.5. The minimum absolute atomic E-state index is 0.0770. The number of carbonyl (C=O) groups is 2. The molecule has 1 spiro atoms. The van der Waals surface area contributed by atoms with Crippen LogP contribution in [0.1, 0.15) is 52.4 Å². The van der Waals surface area contributed by atoms with E-state index >= 15 is 0 Å². The first-order valence-electron chi connectivity index (χ1n) is 9.74. The molecule has 2 fully saturated rings. The van der Waals surface area contributed by atoms with Gasteiger partial charge in [-0.05, 0) is 42.0 Å². The average Bonchev–Trinajstić information content (AvgIpc) is 3.14. The van der Waals surface area contributed by atoms with Crippen molar-refractivity contribution in [1.29, 1.82) is 0 Å². The molecule has 0 radical (unpaired) electrons. The van der Waals surface area contributed by atoms with E-state index in [9.17, 15) is 9.59 Å². The lowest BCUT2D eigenvalue weighted by Crippen LogP contribution is -2.55. The third-order valence-corrected chi connectivity index (χ3v) is 5.68. The van der Waals surface area contributed by atoms with Crippen molar-refractivity contribution in [3.05, 3.63) is 6.33 Å². The molecule has 0 aromatic carbocycles. The fourth-order valence-electron chi connectivity index (χ4n) is 4.13. The Kier molecular flexibility index (Phi) is 5.88. The van der Waals surface area contributed by atoms with Gasteiger partial charge in [0.2, 0.25) is 11.8 Å². The van der Waals surface area contributed by atoms with Gasteiger partial charge in [0.25, 0.3) is 0 Å². The zero-order valence-corrected chi connectivity index (χ0v) is 15.9. The number of rotatable bonds is 6. The van der Waals surface area contributed by atoms with Crippen LogP contribution in [0.5, 0.6) is 0 Å². The van der Waals surface area contributed by atoms with Crippen molar-refractivity contribution < 1.29 is 9.59 Å². The lowest BCUT2D eigenvalue weighted by Gasteiger charge is -2.48. The van der Waals surface area contributed by atoms with Crippen molar-refractivity contribution in [2.75, 3.05) is 26.2 Å². The van der Waals surface area contributed by atoms with Gasteiger partial charge in [-0.3, -0.25) is 9.59 Å². The van der Waals surface area contributed by atoms with Crippen molar-refractivity contribution in [2.24, 2.45) is 11.3 Å². The van der Waals surface area contributed by atoms with Crippen molar-refractivity contribution in [2.45, 2.75) is 58.9 Å². The van der Waals surface area contributed by atoms with Gasteiger partial charge in [0, 0.05) is 44.4 Å². The molecule has 26 heavy (non-hydrogen) atoms. The van der Waals surface area contributed by atoms with E-state index in [1.54, 1.807) is 4.68 Å². The fraction of sp³-hybridized carbons (Fsp3) is 0.833. The molecular formula is C18H30N6O2. The molecule has 1 atom stereocenters. The van der Waals surface area contributed by atoms with Crippen LogP contribution in [-0.2, 0) is 16.1 Å². The maximum Gasteiger partial charge on any atom is 0.224 e. The van der Waals surface area contributed by atoms with Crippen LogP contribution in [0.2, 0.25) is 0 Å². The summed E-state index contributed by atoms with van der Waals surface area (Å²) in [5.74, 6) is 1.03. The van der Waals surface area contributed by atoms with Gasteiger partial charge in [0.1, 0.15) is 6.33 Å². The lowest BCUT2D eigenvalue weighted by molar-refractivity contribution is -0.143. The highest BCUT2D eigenvalue weighted by Crippen LogP contribution is 2.39. The molecule has 8 heteroatoms. The summed E-state index contributed by atoms with van der Waals surface area (Å²) in [5, 5.41) is 11.0. The van der Waals surface area contributed by atoms with Crippen molar-refractivity contribution >= 4 is 11.8 Å². The molecule has 2 aliphatic heterocycles. The average molecular weight is 362 g/mol. The van der Waals surface area contributed by atoms with Gasteiger partial charge in [-0.15, -0.1) is 5.10 Å². The monoisotopic (exact) mass is 362 g/mol. The van der Waals surface area contributed by atoms with Gasteiger partial charge in [-0.2, -0.15) is 0 Å². The van der Waals surface area contributed by atoms with E-state index in [0.717, 1.165) is 51.9 Å². The van der Waals surface area contributed by atoms with E-state index in [0.29, 0.717) is 25.3 Å². The molecule has 1 aromatic rings. The number of amides is 2. The molecule has 3 rings (SSSR count). The first kappa shape index (κ1) is 18.8. The van der Waals surface area contributed by atoms with Crippen LogP contribution >= 0.6 is 0 Å². The highest BCUT2D eigenvalue weighted by atomic mass is 16.2. The zero-order valence-electron chi connectivity index (χ0n) is 15.9. The molecule has 0 saturated carbocycles. The summed E-state index contributed by atoms with van der Waals surface area (Å²) < 4.78 is 1.59. The van der Waals surface area contributed by atoms with Gasteiger partial charge in [-0.1, -0.05) is 13.8 Å². The van der Waals surface area contributed by atoms with Crippen LogP contribution in [0.25, 0.3) is 0 Å². The summed E-state index contributed by atoms with van der Waals surface area (Å²) in [6, 6.07) is 0. The normalized spacial score (nSPS) is 23.9. The number of aromatic nitrogens is 4. The molecule has 2 amide bonds. The molecule has 0 aliphatic carbocycles. The molecule has 144 valence electrons. The Morgan fingerprint density at radius 3 is 2.85 bits per heavy atom. The third-order valence-electron chi connectivity index (χ3n) is 5.68. The largest absolute Gasteiger partial charge is 0.342 e. The van der Waals surface area contributed by atoms with Crippen LogP contribution in [0.4, 0.5) is 0 Å². The topological polar surface area (TPSA) is 84.2 Å². The SMILES string of the molecule is CC(C)CCN1C[C@]2(CCCN(C(=O)CCn3cnnn3)C2)CCC1=O. The summed E-state index contributed by atoms with van der Waals surface area (Å²) in [4.78, 5) is 29.0. The van der Waals surface area contributed by atoms with Crippen LogP contribution in [-0.4, -0.2) is 68.0 Å². The maximum atomic E-state index is 12.6. The first-order valence-corrected chi connectivity index (χ1v) is 9.74. The van der Waals surface area contributed by atoms with Gasteiger partial charge >= 0.3 is 0 Å². The molecule has 8 nitrogen and oxygen atoms in total. The highest BCUT2D eigenvalue weighted by Gasteiger charge is 2.42. The molecule has 0 N–H and O–H groups in total. The predicted octanol–water partition coefficient (Wildman–Crippen LogP) is 1.34. The number of tetrazole rings is 1. The van der Waals surface area contributed by atoms with Crippen molar-refractivity contribution in [3.63, 3.8) is 0 Å². The van der Waals surface area contributed by atoms with E-state index < -0.39 is 0 Å². The smallest absolute Gasteiger partial charge is 0.224 e. The Balaban J connectivity index is 1.57. The second kappa shape index (κ2) is 8.14. The van der Waals surface area contributed by atoms with Crippen LogP contribution in [0.15, 0.2) is 6.33 Å². The Bertz CT molecular complexity index is 617. The number of hydrogen-bond donors (Lipinski definition) is 0. The molecule has 0 unspecified atom stereocenters. The number of carbonyl (C=O) groups excluding carboxylic acids is 2. The second-order valence-electron chi connectivity index (χ2n) is 8.24. The third kappa shape index (κ3) is 4.59.